The molecule has 1 aliphatic rings. The van der Waals surface area contributed by atoms with Crippen LogP contribution in [0.2, 0.25) is 0 Å². The van der Waals surface area contributed by atoms with Crippen molar-refractivity contribution in [2.75, 3.05) is 26.2 Å². The first-order valence-corrected chi connectivity index (χ1v) is 13.3. The summed E-state index contributed by atoms with van der Waals surface area (Å²) in [5.74, 6) is -0.117. The number of hydrogen-bond donors (Lipinski definition) is 0. The summed E-state index contributed by atoms with van der Waals surface area (Å²) >= 11 is 1.48. The number of carbonyl (C=O) groups excluding carboxylic acids is 1. The number of aryl methyl sites for hydroxylation is 2. The molecule has 0 N–H and O–H groups in total. The van der Waals surface area contributed by atoms with Crippen LogP contribution in [-0.2, 0) is 10.0 Å². The molecule has 9 heteroatoms. The number of carbonyl (C=O) groups is 1. The quantitative estimate of drug-likeness (QED) is 0.428. The Balaban J connectivity index is 1.42. The van der Waals surface area contributed by atoms with Gasteiger partial charge < -0.3 is 4.90 Å². The third-order valence-electron chi connectivity index (χ3n) is 6.06. The molecule has 0 atom stereocenters. The monoisotopic (exact) mass is 492 g/mol. The molecule has 7 nitrogen and oxygen atoms in total. The summed E-state index contributed by atoms with van der Waals surface area (Å²) < 4.78 is 27.8. The van der Waals surface area contributed by atoms with Crippen LogP contribution < -0.4 is 0 Å². The Hall–Kier alpha value is -3.14. The zero-order valence-electron chi connectivity index (χ0n) is 18.9. The van der Waals surface area contributed by atoms with Gasteiger partial charge in [-0.15, -0.1) is 11.3 Å². The highest BCUT2D eigenvalue weighted by molar-refractivity contribution is 7.89. The predicted octanol–water partition coefficient (Wildman–Crippen LogP) is 4.12. The van der Waals surface area contributed by atoms with E-state index in [1.807, 2.05) is 56.3 Å². The third kappa shape index (κ3) is 4.11. The van der Waals surface area contributed by atoms with E-state index in [1.165, 1.54) is 15.6 Å². The fraction of sp³-hybridized carbons (Fsp3) is 0.240. The van der Waals surface area contributed by atoms with Gasteiger partial charge in [0.2, 0.25) is 10.0 Å². The summed E-state index contributed by atoms with van der Waals surface area (Å²) in [6.45, 7) is 4.94. The summed E-state index contributed by atoms with van der Waals surface area (Å²) in [5.41, 5.74) is 2.89. The Morgan fingerprint density at radius 1 is 0.971 bits per heavy atom. The van der Waals surface area contributed by atoms with E-state index in [2.05, 4.69) is 4.98 Å². The zero-order chi connectivity index (χ0) is 23.9. The van der Waals surface area contributed by atoms with Crippen molar-refractivity contribution in [3.05, 3.63) is 76.2 Å². The Kier molecular flexibility index (Phi) is 5.93. The summed E-state index contributed by atoms with van der Waals surface area (Å²) in [6.07, 6.45) is 3.40. The Morgan fingerprint density at radius 2 is 1.68 bits per heavy atom. The van der Waals surface area contributed by atoms with Crippen molar-refractivity contribution in [1.29, 1.82) is 0 Å². The molecule has 34 heavy (non-hydrogen) atoms. The molecule has 0 spiro atoms. The number of benzene rings is 1. The van der Waals surface area contributed by atoms with Crippen molar-refractivity contribution >= 4 is 38.2 Å². The fourth-order valence-corrected chi connectivity index (χ4v) is 7.27. The van der Waals surface area contributed by atoms with Gasteiger partial charge in [0.05, 0.1) is 21.7 Å². The van der Waals surface area contributed by atoms with Crippen molar-refractivity contribution < 1.29 is 13.2 Å². The minimum atomic E-state index is -3.57. The van der Waals surface area contributed by atoms with Gasteiger partial charge in [0, 0.05) is 59.3 Å². The molecule has 1 saturated heterocycles. The molecular weight excluding hydrogens is 468 g/mol. The molecule has 1 fully saturated rings. The van der Waals surface area contributed by atoms with Crippen molar-refractivity contribution in [3.63, 3.8) is 0 Å². The lowest BCUT2D eigenvalue weighted by Gasteiger charge is -2.34. The summed E-state index contributed by atoms with van der Waals surface area (Å²) in [5, 5.41) is 0.782. The maximum Gasteiger partial charge on any atom is 0.254 e. The molecule has 3 aromatic heterocycles. The van der Waals surface area contributed by atoms with Gasteiger partial charge in [0.15, 0.2) is 0 Å². The van der Waals surface area contributed by atoms with Crippen molar-refractivity contribution in [2.45, 2.75) is 18.7 Å². The van der Waals surface area contributed by atoms with E-state index in [0.717, 1.165) is 26.2 Å². The zero-order valence-corrected chi connectivity index (χ0v) is 20.6. The smallest absolute Gasteiger partial charge is 0.254 e. The van der Waals surface area contributed by atoms with Crippen LogP contribution in [0.4, 0.5) is 0 Å². The van der Waals surface area contributed by atoms with Crippen LogP contribution in [0.1, 0.15) is 20.1 Å². The highest BCUT2D eigenvalue weighted by atomic mass is 32.2. The number of piperazine rings is 1. The summed E-state index contributed by atoms with van der Waals surface area (Å²) in [4.78, 5) is 26.3. The molecule has 1 aliphatic heterocycles. The summed E-state index contributed by atoms with van der Waals surface area (Å²) in [6, 6.07) is 14.9. The lowest BCUT2D eigenvalue weighted by molar-refractivity contribution is 0.0700. The normalized spacial score (nSPS) is 15.1. The van der Waals surface area contributed by atoms with Gasteiger partial charge in [-0.05, 0) is 44.2 Å². The number of para-hydroxylation sites is 1. The molecule has 0 bridgehead atoms. The number of thiophene rings is 1. The molecule has 5 rings (SSSR count). The molecule has 0 aliphatic carbocycles. The molecule has 4 aromatic rings. The summed E-state index contributed by atoms with van der Waals surface area (Å²) in [7, 11) is -3.57. The van der Waals surface area contributed by atoms with Crippen molar-refractivity contribution in [1.82, 2.24) is 19.2 Å². The van der Waals surface area contributed by atoms with E-state index in [9.17, 15) is 13.2 Å². The second-order valence-corrected chi connectivity index (χ2v) is 11.6. The lowest BCUT2D eigenvalue weighted by atomic mass is 10.0. The standard InChI is InChI=1S/C25H24N4O3S2/c1-17-15-24(18(2)33-17)34(31,32)29-13-11-28(12-14-29)25(30)21-16-23(19-7-9-26-10-8-19)27-22-6-4-3-5-20(21)22/h3-10,15-16H,11-14H2,1-2H3. The number of amides is 1. The number of hydrogen-bond acceptors (Lipinski definition) is 6. The Bertz CT molecular complexity index is 1470. The lowest BCUT2D eigenvalue weighted by Crippen LogP contribution is -2.50. The van der Waals surface area contributed by atoms with Gasteiger partial charge in [-0.25, -0.2) is 13.4 Å². The van der Waals surface area contributed by atoms with E-state index in [-0.39, 0.29) is 19.0 Å². The van der Waals surface area contributed by atoms with Gasteiger partial charge in [0.1, 0.15) is 0 Å². The SMILES string of the molecule is Cc1cc(S(=O)(=O)N2CCN(C(=O)c3cc(-c4ccncc4)nc4ccccc34)CC2)c(C)s1. The van der Waals surface area contributed by atoms with Crippen LogP contribution in [0, 0.1) is 13.8 Å². The predicted molar refractivity (Wildman–Crippen MR) is 133 cm³/mol. The third-order valence-corrected chi connectivity index (χ3v) is 9.18. The minimum Gasteiger partial charge on any atom is -0.336 e. The molecule has 1 amide bonds. The first-order valence-electron chi connectivity index (χ1n) is 11.0. The van der Waals surface area contributed by atoms with E-state index in [4.69, 9.17) is 4.98 Å². The number of sulfonamides is 1. The van der Waals surface area contributed by atoms with Crippen LogP contribution in [0.15, 0.2) is 65.8 Å². The molecule has 174 valence electrons. The highest BCUT2D eigenvalue weighted by Gasteiger charge is 2.32. The number of fused-ring (bicyclic) bond motifs is 1. The second-order valence-electron chi connectivity index (χ2n) is 8.28. The van der Waals surface area contributed by atoms with Crippen LogP contribution in [-0.4, -0.2) is 59.7 Å². The molecule has 0 saturated carbocycles. The van der Waals surface area contributed by atoms with Crippen LogP contribution in [0.5, 0.6) is 0 Å². The van der Waals surface area contributed by atoms with E-state index >= 15 is 0 Å². The van der Waals surface area contributed by atoms with Gasteiger partial charge in [-0.3, -0.25) is 9.78 Å². The van der Waals surface area contributed by atoms with Gasteiger partial charge in [-0.1, -0.05) is 18.2 Å². The number of pyridine rings is 2. The minimum absolute atomic E-state index is 0.117. The van der Waals surface area contributed by atoms with Crippen LogP contribution >= 0.6 is 11.3 Å². The number of aromatic nitrogens is 2. The maximum atomic E-state index is 13.6. The topological polar surface area (TPSA) is 83.5 Å². The average Bonchev–Trinajstić information content (AvgIpc) is 3.22. The average molecular weight is 493 g/mol. The molecule has 4 heterocycles. The highest BCUT2D eigenvalue weighted by Crippen LogP contribution is 2.29. The van der Waals surface area contributed by atoms with Crippen molar-refractivity contribution in [3.8, 4) is 11.3 Å². The first-order chi connectivity index (χ1) is 16.3. The van der Waals surface area contributed by atoms with E-state index in [1.54, 1.807) is 23.4 Å². The number of nitrogens with zero attached hydrogens (tertiary/aromatic N) is 4. The Labute approximate surface area is 202 Å². The first kappa shape index (κ1) is 22.6. The van der Waals surface area contributed by atoms with Gasteiger partial charge in [-0.2, -0.15) is 4.31 Å². The van der Waals surface area contributed by atoms with Crippen LogP contribution in [0.3, 0.4) is 0 Å². The maximum absolute atomic E-state index is 13.6. The van der Waals surface area contributed by atoms with E-state index < -0.39 is 10.0 Å². The van der Waals surface area contributed by atoms with Gasteiger partial charge in [0.25, 0.3) is 5.91 Å². The Morgan fingerprint density at radius 3 is 2.35 bits per heavy atom. The molecule has 0 unspecified atom stereocenters. The van der Waals surface area contributed by atoms with Crippen LogP contribution in [0.25, 0.3) is 22.2 Å². The second kappa shape index (κ2) is 8.90. The fourth-order valence-electron chi connectivity index (χ4n) is 4.33. The van der Waals surface area contributed by atoms with Crippen molar-refractivity contribution in [2.24, 2.45) is 0 Å². The number of rotatable bonds is 4. The molecule has 0 radical (unpaired) electrons. The largest absolute Gasteiger partial charge is 0.336 e. The molecule has 1 aromatic carbocycles. The molecular formula is C25H24N4O3S2. The van der Waals surface area contributed by atoms with Gasteiger partial charge >= 0.3 is 0 Å². The van der Waals surface area contributed by atoms with E-state index in [0.29, 0.717) is 29.2 Å².